The molecular formula is C13H9BrCl2OZn. The summed E-state index contributed by atoms with van der Waals surface area (Å²) in [4.78, 5) is 0. The van der Waals surface area contributed by atoms with Crippen molar-refractivity contribution < 1.29 is 21.1 Å². The van der Waals surface area contributed by atoms with E-state index in [1.807, 2.05) is 24.3 Å². The average molecular weight is 397 g/mol. The van der Waals surface area contributed by atoms with Gasteiger partial charge in [-0.15, -0.1) is 5.56 Å². The Labute approximate surface area is 133 Å². The first-order chi connectivity index (χ1) is 8.75. The molecule has 0 heterocycles. The molecule has 0 aliphatic rings. The molecule has 0 atom stereocenters. The van der Waals surface area contributed by atoms with Crippen molar-refractivity contribution >= 4 is 36.8 Å². The summed E-state index contributed by atoms with van der Waals surface area (Å²) in [5.41, 5.74) is 1.05. The van der Waals surface area contributed by atoms with Crippen LogP contribution in [-0.4, -0.2) is 0 Å². The summed E-state index contributed by atoms with van der Waals surface area (Å²) in [6.07, 6.45) is 0. The van der Waals surface area contributed by atoms with Gasteiger partial charge in [0.05, 0.1) is 11.6 Å². The van der Waals surface area contributed by atoms with Crippen molar-refractivity contribution in [3.8, 4) is 5.75 Å². The van der Waals surface area contributed by atoms with Crippen molar-refractivity contribution in [2.24, 2.45) is 0 Å². The molecule has 2 aromatic carbocycles. The Morgan fingerprint density at radius 1 is 1.22 bits per heavy atom. The predicted octanol–water partition coefficient (Wildman–Crippen LogP) is 5.22. The van der Waals surface area contributed by atoms with Crippen LogP contribution < -0.4 is 4.74 Å². The molecule has 0 unspecified atom stereocenters. The fraction of sp³-hybridized carbons (Fsp3) is 0.0769. The van der Waals surface area contributed by atoms with Crippen LogP contribution in [0.15, 0.2) is 42.5 Å². The maximum absolute atomic E-state index is 5.98. The zero-order valence-electron chi connectivity index (χ0n) is 9.50. The molecule has 90 valence electrons. The second-order valence-electron chi connectivity index (χ2n) is 3.28. The molecule has 0 N–H and O–H groups in total. The van der Waals surface area contributed by atoms with Crippen LogP contribution in [0.3, 0.4) is 0 Å². The van der Waals surface area contributed by atoms with Crippen molar-refractivity contribution in [1.82, 2.24) is 0 Å². The van der Waals surface area contributed by atoms with Gasteiger partial charge in [0.25, 0.3) is 0 Å². The Kier molecular flexibility index (Phi) is 7.93. The van der Waals surface area contributed by atoms with Gasteiger partial charge in [0.15, 0.2) is 0 Å². The standard InChI is InChI=1S/C13H9Cl2O.BrH.Zn/c14-11-6-7-13(12(15)8-11)16-9-10-4-2-1-3-5-10;;/h1-2,4-8H,9H2;1H;/q-1;;+2/p-1. The first-order valence-electron chi connectivity index (χ1n) is 5.05. The van der Waals surface area contributed by atoms with E-state index in [4.69, 9.17) is 27.9 Å². The predicted molar refractivity (Wildman–Crippen MR) is 75.0 cm³/mol. The minimum atomic E-state index is 0.471. The molecule has 18 heavy (non-hydrogen) atoms. The molecule has 0 bridgehead atoms. The summed E-state index contributed by atoms with van der Waals surface area (Å²) in [6, 6.07) is 15.8. The Morgan fingerprint density at radius 3 is 2.61 bits per heavy atom. The van der Waals surface area contributed by atoms with E-state index in [9.17, 15) is 0 Å². The van der Waals surface area contributed by atoms with Gasteiger partial charge in [-0.25, -0.2) is 0 Å². The molecule has 2 aromatic rings. The van der Waals surface area contributed by atoms with Crippen molar-refractivity contribution in [1.29, 1.82) is 0 Å². The molecule has 0 spiro atoms. The van der Waals surface area contributed by atoms with Crippen LogP contribution in [0.5, 0.6) is 5.75 Å². The van der Waals surface area contributed by atoms with Crippen molar-refractivity contribution in [3.05, 3.63) is 64.1 Å². The molecule has 0 aromatic heterocycles. The van der Waals surface area contributed by atoms with Gasteiger partial charge in [-0.3, -0.25) is 0 Å². The van der Waals surface area contributed by atoms with Gasteiger partial charge in [0.2, 0.25) is 0 Å². The van der Waals surface area contributed by atoms with E-state index in [-0.39, 0.29) is 0 Å². The van der Waals surface area contributed by atoms with Crippen LogP contribution in [0.25, 0.3) is 0 Å². The first-order valence-corrected chi connectivity index (χ1v) is 12.8. The fourth-order valence-electron chi connectivity index (χ4n) is 1.27. The summed E-state index contributed by atoms with van der Waals surface area (Å²) < 4.78 is 5.57. The van der Waals surface area contributed by atoms with Crippen LogP contribution in [0, 0.1) is 6.07 Å². The molecule has 0 aliphatic heterocycles. The van der Waals surface area contributed by atoms with Gasteiger partial charge in [0, 0.05) is 5.02 Å². The topological polar surface area (TPSA) is 9.23 Å². The quantitative estimate of drug-likeness (QED) is 0.510. The van der Waals surface area contributed by atoms with E-state index in [0.717, 1.165) is 5.56 Å². The van der Waals surface area contributed by atoms with Gasteiger partial charge in [-0.1, -0.05) is 23.2 Å². The number of rotatable bonds is 3. The minimum absolute atomic E-state index is 0.471. The van der Waals surface area contributed by atoms with Crippen molar-refractivity contribution in [2.75, 3.05) is 0 Å². The summed E-state index contributed by atoms with van der Waals surface area (Å²) >= 11 is 16.0. The van der Waals surface area contributed by atoms with Gasteiger partial charge in [0.1, 0.15) is 5.75 Å². The fourth-order valence-corrected chi connectivity index (χ4v) is 1.74. The van der Waals surface area contributed by atoms with Gasteiger partial charge < -0.3 is 4.74 Å². The number of ether oxygens (including phenoxy) is 1. The molecule has 0 amide bonds. The van der Waals surface area contributed by atoms with E-state index in [1.54, 1.807) is 18.2 Å². The molecule has 0 saturated heterocycles. The zero-order chi connectivity index (χ0) is 13.4. The molecule has 2 rings (SSSR count). The normalized spacial score (nSPS) is 9.39. The van der Waals surface area contributed by atoms with Crippen LogP contribution >= 0.6 is 36.8 Å². The molecule has 5 heteroatoms. The van der Waals surface area contributed by atoms with E-state index >= 15 is 0 Å². The maximum atomic E-state index is 5.98. The average Bonchev–Trinajstić information content (AvgIpc) is 2.41. The molecular weight excluding hydrogens is 388 g/mol. The zero-order valence-corrected chi connectivity index (χ0v) is 15.6. The van der Waals surface area contributed by atoms with Crippen LogP contribution in [0.1, 0.15) is 5.56 Å². The van der Waals surface area contributed by atoms with Crippen LogP contribution in [0.4, 0.5) is 0 Å². The summed E-state index contributed by atoms with van der Waals surface area (Å²) in [5.74, 6) is 0.634. The second-order valence-corrected chi connectivity index (χ2v) is 4.12. The Hall–Kier alpha value is -0.0766. The molecule has 0 saturated carbocycles. The number of halogens is 3. The Bertz CT molecular complexity index is 480. The number of hydrogen-bond acceptors (Lipinski definition) is 1. The molecule has 0 fully saturated rings. The van der Waals surface area contributed by atoms with E-state index in [0.29, 0.717) is 22.4 Å². The van der Waals surface area contributed by atoms with Gasteiger partial charge >= 0.3 is 30.0 Å². The van der Waals surface area contributed by atoms with Gasteiger partial charge in [-0.05, 0) is 18.2 Å². The first kappa shape index (κ1) is 16.0. The molecule has 0 aliphatic carbocycles. The number of hydrogen-bond donors (Lipinski definition) is 0. The number of benzene rings is 2. The summed E-state index contributed by atoms with van der Waals surface area (Å²) in [6.45, 7) is 0.471. The van der Waals surface area contributed by atoms with Crippen LogP contribution in [0.2, 0.25) is 10.0 Å². The van der Waals surface area contributed by atoms with E-state index in [2.05, 4.69) is 19.7 Å². The van der Waals surface area contributed by atoms with Crippen molar-refractivity contribution in [2.45, 2.75) is 6.61 Å². The summed E-state index contributed by atoms with van der Waals surface area (Å²) in [7, 11) is 0. The Balaban J connectivity index is 0.000000771. The third-order valence-electron chi connectivity index (χ3n) is 2.06. The third-order valence-corrected chi connectivity index (χ3v) is 2.59. The third kappa shape index (κ3) is 5.28. The molecule has 0 radical (unpaired) electrons. The van der Waals surface area contributed by atoms with Gasteiger partial charge in [-0.2, -0.15) is 30.3 Å². The molecule has 1 nitrogen and oxygen atoms in total. The Morgan fingerprint density at radius 2 is 2.00 bits per heavy atom. The van der Waals surface area contributed by atoms with E-state index < -0.39 is 0 Å². The van der Waals surface area contributed by atoms with E-state index in [1.165, 1.54) is 16.3 Å². The second kappa shape index (κ2) is 8.93. The monoisotopic (exact) mass is 394 g/mol. The van der Waals surface area contributed by atoms with Crippen molar-refractivity contribution in [3.63, 3.8) is 0 Å². The SMILES string of the molecule is Clc1ccc(OCc2c[c-]ccc2)c(Cl)c1.[Zn+][Br]. The summed E-state index contributed by atoms with van der Waals surface area (Å²) in [5, 5.41) is 1.12. The van der Waals surface area contributed by atoms with Crippen LogP contribution in [-0.2, 0) is 22.9 Å².